The third-order valence-electron chi connectivity index (χ3n) is 2.89. The molecular weight excluding hydrogens is 300 g/mol. The van der Waals surface area contributed by atoms with Crippen molar-refractivity contribution in [1.82, 2.24) is 14.6 Å². The van der Waals surface area contributed by atoms with E-state index in [0.717, 1.165) is 0 Å². The molecule has 0 atom stereocenters. The molecule has 20 heavy (non-hydrogen) atoms. The zero-order valence-electron chi connectivity index (χ0n) is 10.6. The van der Waals surface area contributed by atoms with Gasteiger partial charge in [-0.15, -0.1) is 0 Å². The quantitative estimate of drug-likeness (QED) is 0.710. The highest BCUT2D eigenvalue weighted by atomic mass is 32.2. The molecule has 0 unspecified atom stereocenters. The Kier molecular flexibility index (Phi) is 4.31. The SMILES string of the molecule is NC(=S)c1ncccc1S(=O)(=O)N1CCNC(=O)CC1. The molecule has 2 rings (SSSR count). The fraction of sp³-hybridized carbons (Fsp3) is 0.364. The van der Waals surface area contributed by atoms with Crippen molar-refractivity contribution in [2.75, 3.05) is 19.6 Å². The lowest BCUT2D eigenvalue weighted by Gasteiger charge is -2.20. The second-order valence-corrected chi connectivity index (χ2v) is 6.56. The molecule has 1 aliphatic rings. The maximum Gasteiger partial charge on any atom is 0.245 e. The van der Waals surface area contributed by atoms with Gasteiger partial charge in [0.25, 0.3) is 0 Å². The number of nitrogens with zero attached hydrogens (tertiary/aromatic N) is 2. The summed E-state index contributed by atoms with van der Waals surface area (Å²) in [5, 5.41) is 2.62. The molecule has 0 bridgehead atoms. The number of hydrogen-bond donors (Lipinski definition) is 2. The van der Waals surface area contributed by atoms with Crippen molar-refractivity contribution in [3.63, 3.8) is 0 Å². The lowest BCUT2D eigenvalue weighted by molar-refractivity contribution is -0.120. The smallest absolute Gasteiger partial charge is 0.245 e. The predicted octanol–water partition coefficient (Wildman–Crippen LogP) is -0.774. The summed E-state index contributed by atoms with van der Waals surface area (Å²) in [5.41, 5.74) is 5.59. The zero-order chi connectivity index (χ0) is 14.8. The number of carbonyl (C=O) groups is 1. The second-order valence-electron chi connectivity index (χ2n) is 4.22. The molecule has 1 aromatic rings. The van der Waals surface area contributed by atoms with Gasteiger partial charge in [0.05, 0.1) is 0 Å². The number of aromatic nitrogens is 1. The van der Waals surface area contributed by atoms with Crippen LogP contribution >= 0.6 is 12.2 Å². The number of carbonyl (C=O) groups excluding carboxylic acids is 1. The Hall–Kier alpha value is -1.58. The van der Waals surface area contributed by atoms with Crippen LogP contribution in [0, 0.1) is 0 Å². The van der Waals surface area contributed by atoms with Crippen LogP contribution in [0.1, 0.15) is 12.1 Å². The van der Waals surface area contributed by atoms with Crippen LogP contribution in [0.25, 0.3) is 0 Å². The van der Waals surface area contributed by atoms with E-state index in [1.807, 2.05) is 0 Å². The third-order valence-corrected chi connectivity index (χ3v) is 5.02. The number of amides is 1. The highest BCUT2D eigenvalue weighted by Gasteiger charge is 2.29. The fourth-order valence-corrected chi connectivity index (χ4v) is 3.74. The van der Waals surface area contributed by atoms with Crippen molar-refractivity contribution < 1.29 is 13.2 Å². The Morgan fingerprint density at radius 3 is 2.90 bits per heavy atom. The minimum absolute atomic E-state index is 0.0261. The maximum absolute atomic E-state index is 12.6. The summed E-state index contributed by atoms with van der Waals surface area (Å²) in [6.45, 7) is 0.611. The summed E-state index contributed by atoms with van der Waals surface area (Å²) >= 11 is 4.83. The number of pyridine rings is 1. The van der Waals surface area contributed by atoms with E-state index in [2.05, 4.69) is 10.3 Å². The van der Waals surface area contributed by atoms with Gasteiger partial charge in [-0.1, -0.05) is 12.2 Å². The molecule has 108 valence electrons. The number of nitrogens with two attached hydrogens (primary N) is 1. The molecule has 0 aliphatic carbocycles. The summed E-state index contributed by atoms with van der Waals surface area (Å²) in [6.07, 6.45) is 1.56. The van der Waals surface area contributed by atoms with Gasteiger partial charge in [0.15, 0.2) is 0 Å². The summed E-state index contributed by atoms with van der Waals surface area (Å²) in [6, 6.07) is 2.92. The van der Waals surface area contributed by atoms with Crippen LogP contribution in [0.5, 0.6) is 0 Å². The van der Waals surface area contributed by atoms with Crippen molar-refractivity contribution in [2.24, 2.45) is 5.73 Å². The van der Waals surface area contributed by atoms with Gasteiger partial charge in [0.2, 0.25) is 15.9 Å². The summed E-state index contributed by atoms with van der Waals surface area (Å²) in [4.78, 5) is 15.1. The normalized spacial score (nSPS) is 17.3. The number of hydrogen-bond acceptors (Lipinski definition) is 5. The van der Waals surface area contributed by atoms with Crippen molar-refractivity contribution in [3.05, 3.63) is 24.0 Å². The number of nitrogens with one attached hydrogen (secondary N) is 1. The van der Waals surface area contributed by atoms with E-state index >= 15 is 0 Å². The number of sulfonamides is 1. The highest BCUT2D eigenvalue weighted by molar-refractivity contribution is 7.89. The highest BCUT2D eigenvalue weighted by Crippen LogP contribution is 2.19. The van der Waals surface area contributed by atoms with Crippen LogP contribution in [0.2, 0.25) is 0 Å². The molecule has 1 saturated heterocycles. The Bertz CT molecular complexity index is 645. The molecule has 3 N–H and O–H groups in total. The molecular formula is C11H14N4O3S2. The van der Waals surface area contributed by atoms with E-state index in [4.69, 9.17) is 18.0 Å². The van der Waals surface area contributed by atoms with E-state index in [0.29, 0.717) is 0 Å². The fourth-order valence-electron chi connectivity index (χ4n) is 1.91. The second kappa shape index (κ2) is 5.81. The first-order valence-electron chi connectivity index (χ1n) is 5.94. The van der Waals surface area contributed by atoms with E-state index in [9.17, 15) is 13.2 Å². The van der Waals surface area contributed by atoms with Crippen LogP contribution in [0.15, 0.2) is 23.2 Å². The molecule has 1 aliphatic heterocycles. The van der Waals surface area contributed by atoms with Gasteiger partial charge < -0.3 is 11.1 Å². The van der Waals surface area contributed by atoms with E-state index in [1.165, 1.54) is 22.6 Å². The lowest BCUT2D eigenvalue weighted by Crippen LogP contribution is -2.35. The molecule has 0 saturated carbocycles. The standard InChI is InChI=1S/C11H14N4O3S2/c12-11(19)10-8(2-1-4-14-10)20(17,18)15-6-3-9(16)13-5-7-15/h1-2,4H,3,5-7H2,(H2,12,19)(H,13,16). The van der Waals surface area contributed by atoms with Gasteiger partial charge in [0.1, 0.15) is 15.6 Å². The van der Waals surface area contributed by atoms with E-state index < -0.39 is 10.0 Å². The topological polar surface area (TPSA) is 105 Å². The molecule has 0 spiro atoms. The largest absolute Gasteiger partial charge is 0.388 e. The molecule has 9 heteroatoms. The number of thiocarbonyl (C=S) groups is 1. The minimum atomic E-state index is -3.77. The molecule has 1 amide bonds. The predicted molar refractivity (Wildman–Crippen MR) is 76.5 cm³/mol. The van der Waals surface area contributed by atoms with Gasteiger partial charge in [-0.2, -0.15) is 4.31 Å². The van der Waals surface area contributed by atoms with Crippen LogP contribution < -0.4 is 11.1 Å². The van der Waals surface area contributed by atoms with Crippen molar-refractivity contribution in [2.45, 2.75) is 11.3 Å². The third kappa shape index (κ3) is 2.94. The molecule has 0 aromatic carbocycles. The van der Waals surface area contributed by atoms with Crippen LogP contribution in [-0.4, -0.2) is 48.2 Å². The van der Waals surface area contributed by atoms with Crippen LogP contribution in [0.4, 0.5) is 0 Å². The van der Waals surface area contributed by atoms with Crippen molar-refractivity contribution >= 4 is 33.1 Å². The van der Waals surface area contributed by atoms with Gasteiger partial charge in [-0.3, -0.25) is 9.78 Å². The number of rotatable bonds is 3. The van der Waals surface area contributed by atoms with Crippen molar-refractivity contribution in [3.8, 4) is 0 Å². The Balaban J connectivity index is 2.40. The first-order chi connectivity index (χ1) is 9.43. The molecule has 0 radical (unpaired) electrons. The zero-order valence-corrected chi connectivity index (χ0v) is 12.2. The maximum atomic E-state index is 12.6. The molecule has 1 fully saturated rings. The first-order valence-corrected chi connectivity index (χ1v) is 7.79. The van der Waals surface area contributed by atoms with Gasteiger partial charge in [-0.25, -0.2) is 8.42 Å². The molecule has 1 aromatic heterocycles. The average Bonchev–Trinajstić information content (AvgIpc) is 2.64. The van der Waals surface area contributed by atoms with Crippen molar-refractivity contribution in [1.29, 1.82) is 0 Å². The first kappa shape index (κ1) is 14.8. The van der Waals surface area contributed by atoms with Crippen LogP contribution in [0.3, 0.4) is 0 Å². The minimum Gasteiger partial charge on any atom is -0.388 e. The Labute approximate surface area is 122 Å². The Morgan fingerprint density at radius 1 is 1.45 bits per heavy atom. The summed E-state index contributed by atoms with van der Waals surface area (Å²) in [5.74, 6) is -0.163. The lowest BCUT2D eigenvalue weighted by atomic mass is 10.3. The summed E-state index contributed by atoms with van der Waals surface area (Å²) < 4.78 is 26.4. The van der Waals surface area contributed by atoms with Crippen LogP contribution in [-0.2, 0) is 14.8 Å². The van der Waals surface area contributed by atoms with Gasteiger partial charge in [-0.05, 0) is 12.1 Å². The van der Waals surface area contributed by atoms with E-state index in [1.54, 1.807) is 0 Å². The van der Waals surface area contributed by atoms with Gasteiger partial charge >= 0.3 is 0 Å². The summed E-state index contributed by atoms with van der Waals surface area (Å²) in [7, 11) is -3.77. The monoisotopic (exact) mass is 314 g/mol. The molecule has 2 heterocycles. The average molecular weight is 314 g/mol. The van der Waals surface area contributed by atoms with Gasteiger partial charge in [0, 0.05) is 32.3 Å². The Morgan fingerprint density at radius 2 is 2.20 bits per heavy atom. The van der Waals surface area contributed by atoms with E-state index in [-0.39, 0.29) is 47.5 Å². The molecule has 7 nitrogen and oxygen atoms in total.